The minimum atomic E-state index is -0.773. The van der Waals surface area contributed by atoms with Crippen LogP contribution in [0.1, 0.15) is 27.9 Å². The zero-order valence-corrected chi connectivity index (χ0v) is 17.8. The van der Waals surface area contributed by atoms with Crippen molar-refractivity contribution in [1.29, 1.82) is 0 Å². The van der Waals surface area contributed by atoms with E-state index in [4.69, 9.17) is 9.57 Å². The summed E-state index contributed by atoms with van der Waals surface area (Å²) >= 11 is 0. The number of hydrogen-bond donors (Lipinski definition) is 0. The third-order valence-electron chi connectivity index (χ3n) is 5.31. The Hall–Kier alpha value is -3.81. The molecule has 0 aliphatic carbocycles. The molecule has 8 heteroatoms. The van der Waals surface area contributed by atoms with E-state index in [2.05, 4.69) is 5.16 Å². The standard InChI is InChI=1S/C25H21F3N2O3/c1-32-24-8-3-2-7-21(24)23-13-20(33-29-23)15-30(14-17-9-10-19(27)12-22(17)28)25(31)16-5-4-6-18(26)11-16/h2-12,20H,13-15H2,1H3/t20-/m1/s1. The van der Waals surface area contributed by atoms with Gasteiger partial charge in [0.05, 0.1) is 19.4 Å². The van der Waals surface area contributed by atoms with Gasteiger partial charge in [-0.25, -0.2) is 13.2 Å². The van der Waals surface area contributed by atoms with Crippen molar-refractivity contribution in [3.8, 4) is 5.75 Å². The van der Waals surface area contributed by atoms with Gasteiger partial charge in [-0.2, -0.15) is 0 Å². The minimum absolute atomic E-state index is 0.0638. The van der Waals surface area contributed by atoms with Gasteiger partial charge in [0.25, 0.3) is 5.91 Å². The summed E-state index contributed by atoms with van der Waals surface area (Å²) in [5.41, 5.74) is 1.67. The first kappa shape index (κ1) is 22.4. The molecule has 0 spiro atoms. The molecule has 1 amide bonds. The third kappa shape index (κ3) is 5.16. The van der Waals surface area contributed by atoms with Gasteiger partial charge in [-0.3, -0.25) is 4.79 Å². The van der Waals surface area contributed by atoms with Crippen LogP contribution in [0.3, 0.4) is 0 Å². The van der Waals surface area contributed by atoms with Crippen LogP contribution in [0.4, 0.5) is 13.2 Å². The summed E-state index contributed by atoms with van der Waals surface area (Å²) in [5.74, 6) is -1.92. The Kier molecular flexibility index (Phi) is 6.63. The topological polar surface area (TPSA) is 51.1 Å². The lowest BCUT2D eigenvalue weighted by Gasteiger charge is -2.25. The number of rotatable bonds is 7. The second-order valence-electron chi connectivity index (χ2n) is 7.60. The average molecular weight is 454 g/mol. The Morgan fingerprint density at radius 2 is 1.85 bits per heavy atom. The molecule has 5 nitrogen and oxygen atoms in total. The first-order valence-corrected chi connectivity index (χ1v) is 10.3. The number of nitrogens with zero attached hydrogens (tertiary/aromatic N) is 2. The highest BCUT2D eigenvalue weighted by Crippen LogP contribution is 2.26. The minimum Gasteiger partial charge on any atom is -0.496 e. The van der Waals surface area contributed by atoms with Gasteiger partial charge >= 0.3 is 0 Å². The highest BCUT2D eigenvalue weighted by atomic mass is 19.1. The van der Waals surface area contributed by atoms with E-state index in [1.807, 2.05) is 24.3 Å². The second-order valence-corrected chi connectivity index (χ2v) is 7.60. The van der Waals surface area contributed by atoms with Crippen molar-refractivity contribution >= 4 is 11.6 Å². The smallest absolute Gasteiger partial charge is 0.254 e. The molecule has 1 atom stereocenters. The number of halogens is 3. The third-order valence-corrected chi connectivity index (χ3v) is 5.31. The molecule has 0 bridgehead atoms. The number of carbonyl (C=O) groups excluding carboxylic acids is 1. The zero-order chi connectivity index (χ0) is 23.4. The molecule has 3 aromatic carbocycles. The Morgan fingerprint density at radius 1 is 1.06 bits per heavy atom. The fourth-order valence-corrected chi connectivity index (χ4v) is 3.69. The van der Waals surface area contributed by atoms with Crippen LogP contribution in [0.25, 0.3) is 0 Å². The van der Waals surface area contributed by atoms with Gasteiger partial charge in [-0.1, -0.05) is 29.4 Å². The average Bonchev–Trinajstić information content (AvgIpc) is 3.28. The van der Waals surface area contributed by atoms with Gasteiger partial charge in [0.15, 0.2) is 6.10 Å². The normalized spacial score (nSPS) is 15.0. The lowest BCUT2D eigenvalue weighted by molar-refractivity contribution is 0.0402. The van der Waals surface area contributed by atoms with Crippen LogP contribution in [0.5, 0.6) is 5.75 Å². The number of benzene rings is 3. The molecular weight excluding hydrogens is 433 g/mol. The molecule has 3 aromatic rings. The molecule has 0 radical (unpaired) electrons. The van der Waals surface area contributed by atoms with Crippen molar-refractivity contribution in [2.75, 3.05) is 13.7 Å². The van der Waals surface area contributed by atoms with Crippen molar-refractivity contribution < 1.29 is 27.5 Å². The van der Waals surface area contributed by atoms with E-state index in [0.29, 0.717) is 17.9 Å². The van der Waals surface area contributed by atoms with Crippen molar-refractivity contribution in [3.05, 3.63) is 101 Å². The van der Waals surface area contributed by atoms with Crippen molar-refractivity contribution in [2.24, 2.45) is 5.16 Å². The largest absolute Gasteiger partial charge is 0.496 e. The van der Waals surface area contributed by atoms with Crippen LogP contribution >= 0.6 is 0 Å². The van der Waals surface area contributed by atoms with E-state index in [9.17, 15) is 18.0 Å². The van der Waals surface area contributed by atoms with Crippen LogP contribution in [-0.2, 0) is 11.4 Å². The van der Waals surface area contributed by atoms with Crippen LogP contribution in [-0.4, -0.2) is 36.3 Å². The molecule has 1 aliphatic heterocycles. The first-order valence-electron chi connectivity index (χ1n) is 10.3. The molecular formula is C25H21F3N2O3. The summed E-state index contributed by atoms with van der Waals surface area (Å²) in [6.07, 6.45) is -0.120. The second kappa shape index (κ2) is 9.77. The summed E-state index contributed by atoms with van der Waals surface area (Å²) in [5, 5.41) is 4.15. The van der Waals surface area contributed by atoms with E-state index >= 15 is 0 Å². The Bertz CT molecular complexity index is 1200. The molecule has 0 fully saturated rings. The van der Waals surface area contributed by atoms with E-state index < -0.39 is 29.5 Å². The van der Waals surface area contributed by atoms with Gasteiger partial charge in [0.1, 0.15) is 23.2 Å². The molecule has 170 valence electrons. The number of para-hydroxylation sites is 1. The highest BCUT2D eigenvalue weighted by Gasteiger charge is 2.29. The van der Waals surface area contributed by atoms with Crippen molar-refractivity contribution in [3.63, 3.8) is 0 Å². The maximum Gasteiger partial charge on any atom is 0.254 e. The zero-order valence-electron chi connectivity index (χ0n) is 17.8. The van der Waals surface area contributed by atoms with Gasteiger partial charge in [-0.15, -0.1) is 0 Å². The molecule has 33 heavy (non-hydrogen) atoms. The molecule has 0 unspecified atom stereocenters. The number of ether oxygens (including phenoxy) is 1. The highest BCUT2D eigenvalue weighted by molar-refractivity contribution is 6.03. The van der Waals surface area contributed by atoms with Gasteiger partial charge in [0.2, 0.25) is 0 Å². The van der Waals surface area contributed by atoms with Crippen molar-refractivity contribution in [1.82, 2.24) is 4.90 Å². The molecule has 1 heterocycles. The fraction of sp³-hybridized carbons (Fsp3) is 0.200. The monoisotopic (exact) mass is 454 g/mol. The van der Waals surface area contributed by atoms with E-state index in [1.54, 1.807) is 7.11 Å². The Balaban J connectivity index is 1.55. The molecule has 0 N–H and O–H groups in total. The molecule has 0 aromatic heterocycles. The van der Waals surface area contributed by atoms with Gasteiger partial charge in [-0.05, 0) is 36.4 Å². The number of carbonyl (C=O) groups is 1. The first-order chi connectivity index (χ1) is 15.9. The number of oxime groups is 1. The van der Waals surface area contributed by atoms with Gasteiger partial charge in [0, 0.05) is 35.7 Å². The predicted molar refractivity (Wildman–Crippen MR) is 117 cm³/mol. The summed E-state index contributed by atoms with van der Waals surface area (Å²) < 4.78 is 46.7. The molecule has 0 saturated heterocycles. The van der Waals surface area contributed by atoms with Gasteiger partial charge < -0.3 is 14.5 Å². The lowest BCUT2D eigenvalue weighted by atomic mass is 10.0. The summed E-state index contributed by atoms with van der Waals surface area (Å²) in [6.45, 7) is -0.0837. The Labute approximate surface area is 189 Å². The maximum absolute atomic E-state index is 14.3. The quantitative estimate of drug-likeness (QED) is 0.508. The predicted octanol–water partition coefficient (Wildman–Crippen LogP) is 4.95. The van der Waals surface area contributed by atoms with Crippen LogP contribution in [0, 0.1) is 17.5 Å². The summed E-state index contributed by atoms with van der Waals surface area (Å²) in [4.78, 5) is 20.1. The maximum atomic E-state index is 14.3. The lowest BCUT2D eigenvalue weighted by Crippen LogP contribution is -2.37. The van der Waals surface area contributed by atoms with Crippen molar-refractivity contribution in [2.45, 2.75) is 19.1 Å². The summed E-state index contributed by atoms with van der Waals surface area (Å²) in [7, 11) is 1.56. The molecule has 4 rings (SSSR count). The number of hydrogen-bond acceptors (Lipinski definition) is 4. The number of amides is 1. The number of methoxy groups -OCH3 is 1. The molecule has 0 saturated carbocycles. The molecule has 1 aliphatic rings. The van der Waals surface area contributed by atoms with E-state index in [-0.39, 0.29) is 24.2 Å². The van der Waals surface area contributed by atoms with E-state index in [0.717, 1.165) is 23.8 Å². The van der Waals surface area contributed by atoms with E-state index in [1.165, 1.54) is 29.2 Å². The van der Waals surface area contributed by atoms with Crippen LogP contribution < -0.4 is 4.74 Å². The van der Waals surface area contributed by atoms with Crippen LogP contribution in [0.2, 0.25) is 0 Å². The Morgan fingerprint density at radius 3 is 2.61 bits per heavy atom. The SMILES string of the molecule is COc1ccccc1C1=NO[C@@H](CN(Cc2ccc(F)cc2F)C(=O)c2cccc(F)c2)C1. The fourth-order valence-electron chi connectivity index (χ4n) is 3.69. The summed E-state index contributed by atoms with van der Waals surface area (Å²) in [6, 6.07) is 15.8. The van der Waals surface area contributed by atoms with Crippen LogP contribution in [0.15, 0.2) is 71.9 Å².